The van der Waals surface area contributed by atoms with Crippen LogP contribution in [-0.4, -0.2) is 10.8 Å². The highest BCUT2D eigenvalue weighted by molar-refractivity contribution is 6.38. The fraction of sp³-hybridized carbons (Fsp3) is 0.300. The summed E-state index contributed by atoms with van der Waals surface area (Å²) in [6, 6.07) is 9.36. The number of nitrogens with one attached hydrogen (secondary N) is 1. The molecule has 3 heteroatoms. The van der Waals surface area contributed by atoms with Crippen molar-refractivity contribution in [1.29, 1.82) is 0 Å². The van der Waals surface area contributed by atoms with Gasteiger partial charge >= 0.3 is 0 Å². The molecule has 0 atom stereocenters. The fourth-order valence-corrected chi connectivity index (χ4v) is 1.24. The summed E-state index contributed by atoms with van der Waals surface area (Å²) in [5.74, 6) is -0.0830. The highest BCUT2D eigenvalue weighted by Crippen LogP contribution is 2.43. The maximum atomic E-state index is 11.5. The van der Waals surface area contributed by atoms with E-state index in [1.807, 2.05) is 30.3 Å². The van der Waals surface area contributed by atoms with Crippen molar-refractivity contribution < 1.29 is 4.79 Å². The standard InChI is InChI=1S/C10H10ClNO/c11-10(6-7-10)9(13)12-8-4-2-1-3-5-8/h1-5H,6-7H2,(H,12,13). The van der Waals surface area contributed by atoms with Gasteiger partial charge in [-0.25, -0.2) is 0 Å². The van der Waals surface area contributed by atoms with Crippen molar-refractivity contribution in [3.8, 4) is 0 Å². The van der Waals surface area contributed by atoms with E-state index >= 15 is 0 Å². The topological polar surface area (TPSA) is 29.1 Å². The Kier molecular flexibility index (Phi) is 2.00. The number of rotatable bonds is 2. The molecule has 0 unspecified atom stereocenters. The van der Waals surface area contributed by atoms with Crippen molar-refractivity contribution in [2.45, 2.75) is 17.7 Å². The molecule has 0 heterocycles. The van der Waals surface area contributed by atoms with E-state index in [1.165, 1.54) is 0 Å². The van der Waals surface area contributed by atoms with Crippen LogP contribution in [0.25, 0.3) is 0 Å². The Bertz CT molecular complexity index is 319. The molecule has 0 aliphatic heterocycles. The predicted octanol–water partition coefficient (Wildman–Crippen LogP) is 2.40. The number of para-hydroxylation sites is 1. The minimum atomic E-state index is -0.615. The largest absolute Gasteiger partial charge is 0.325 e. The quantitative estimate of drug-likeness (QED) is 0.722. The number of carbonyl (C=O) groups excluding carboxylic acids is 1. The number of alkyl halides is 1. The van der Waals surface area contributed by atoms with Crippen LogP contribution < -0.4 is 5.32 Å². The predicted molar refractivity (Wildman–Crippen MR) is 52.9 cm³/mol. The smallest absolute Gasteiger partial charge is 0.245 e. The zero-order chi connectivity index (χ0) is 9.31. The van der Waals surface area contributed by atoms with Crippen LogP contribution in [0, 0.1) is 0 Å². The molecular weight excluding hydrogens is 186 g/mol. The second kappa shape index (κ2) is 3.04. The summed E-state index contributed by atoms with van der Waals surface area (Å²) in [5.41, 5.74) is 0.805. The van der Waals surface area contributed by atoms with Gasteiger partial charge < -0.3 is 5.32 Å². The van der Waals surface area contributed by atoms with E-state index in [0.29, 0.717) is 0 Å². The SMILES string of the molecule is O=C(Nc1ccccc1)C1(Cl)CC1. The van der Waals surface area contributed by atoms with E-state index in [2.05, 4.69) is 5.32 Å². The molecule has 1 aliphatic carbocycles. The number of benzene rings is 1. The lowest BCUT2D eigenvalue weighted by Gasteiger charge is -2.07. The summed E-state index contributed by atoms with van der Waals surface area (Å²) < 4.78 is 0. The van der Waals surface area contributed by atoms with Gasteiger partial charge in [-0.3, -0.25) is 4.79 Å². The van der Waals surface area contributed by atoms with Crippen LogP contribution in [0.4, 0.5) is 5.69 Å². The summed E-state index contributed by atoms with van der Waals surface area (Å²) >= 11 is 5.93. The first-order valence-corrected chi connectivity index (χ1v) is 4.64. The molecule has 13 heavy (non-hydrogen) atoms. The van der Waals surface area contributed by atoms with Crippen LogP contribution in [0.15, 0.2) is 30.3 Å². The number of amides is 1. The number of carbonyl (C=O) groups is 1. The Hall–Kier alpha value is -1.02. The average Bonchev–Trinajstić information content (AvgIpc) is 2.87. The van der Waals surface area contributed by atoms with Gasteiger partial charge in [-0.2, -0.15) is 0 Å². The van der Waals surface area contributed by atoms with Crippen LogP contribution in [0.1, 0.15) is 12.8 Å². The molecule has 1 N–H and O–H groups in total. The highest BCUT2D eigenvalue weighted by atomic mass is 35.5. The van der Waals surface area contributed by atoms with Gasteiger partial charge in [0.2, 0.25) is 5.91 Å². The molecule has 0 radical (unpaired) electrons. The fourth-order valence-electron chi connectivity index (χ4n) is 1.10. The molecule has 1 aromatic carbocycles. The first kappa shape index (κ1) is 8.57. The van der Waals surface area contributed by atoms with Gasteiger partial charge in [-0.1, -0.05) is 18.2 Å². The van der Waals surface area contributed by atoms with E-state index in [4.69, 9.17) is 11.6 Å². The minimum Gasteiger partial charge on any atom is -0.325 e. The summed E-state index contributed by atoms with van der Waals surface area (Å²) in [7, 11) is 0. The van der Waals surface area contributed by atoms with Crippen LogP contribution >= 0.6 is 11.6 Å². The normalized spacial score (nSPS) is 17.9. The third-order valence-corrected chi connectivity index (χ3v) is 2.68. The molecule has 1 saturated carbocycles. The van der Waals surface area contributed by atoms with Crippen molar-refractivity contribution in [2.24, 2.45) is 0 Å². The minimum absolute atomic E-state index is 0.0830. The molecule has 2 rings (SSSR count). The lowest BCUT2D eigenvalue weighted by Crippen LogP contribution is -2.24. The third kappa shape index (κ3) is 1.83. The second-order valence-electron chi connectivity index (χ2n) is 3.29. The van der Waals surface area contributed by atoms with E-state index in [-0.39, 0.29) is 5.91 Å². The lowest BCUT2D eigenvalue weighted by molar-refractivity contribution is -0.116. The van der Waals surface area contributed by atoms with E-state index < -0.39 is 4.87 Å². The van der Waals surface area contributed by atoms with Gasteiger partial charge in [0.1, 0.15) is 4.87 Å². The maximum absolute atomic E-state index is 11.5. The van der Waals surface area contributed by atoms with Crippen molar-refractivity contribution in [3.05, 3.63) is 30.3 Å². The molecule has 2 nitrogen and oxygen atoms in total. The molecule has 1 aromatic rings. The van der Waals surface area contributed by atoms with Crippen molar-refractivity contribution >= 4 is 23.2 Å². The van der Waals surface area contributed by atoms with Gasteiger partial charge in [0.15, 0.2) is 0 Å². The molecule has 0 aromatic heterocycles. The number of halogens is 1. The summed E-state index contributed by atoms with van der Waals surface area (Å²) in [6.45, 7) is 0. The summed E-state index contributed by atoms with van der Waals surface area (Å²) in [4.78, 5) is 10.8. The Morgan fingerprint density at radius 1 is 1.31 bits per heavy atom. The first-order valence-electron chi connectivity index (χ1n) is 4.26. The van der Waals surface area contributed by atoms with Gasteiger partial charge in [0.05, 0.1) is 0 Å². The van der Waals surface area contributed by atoms with Crippen LogP contribution in [-0.2, 0) is 4.79 Å². The lowest BCUT2D eigenvalue weighted by atomic mass is 10.3. The number of hydrogen-bond acceptors (Lipinski definition) is 1. The van der Waals surface area contributed by atoms with E-state index in [1.54, 1.807) is 0 Å². The summed E-state index contributed by atoms with van der Waals surface area (Å²) in [6.07, 6.45) is 1.57. The maximum Gasteiger partial charge on any atom is 0.245 e. The van der Waals surface area contributed by atoms with Crippen LogP contribution in [0.5, 0.6) is 0 Å². The van der Waals surface area contributed by atoms with Crippen LogP contribution in [0.2, 0.25) is 0 Å². The molecule has 1 aliphatic rings. The molecule has 1 fully saturated rings. The molecule has 68 valence electrons. The number of anilines is 1. The summed E-state index contributed by atoms with van der Waals surface area (Å²) in [5, 5.41) is 2.77. The second-order valence-corrected chi connectivity index (χ2v) is 4.01. The van der Waals surface area contributed by atoms with Crippen molar-refractivity contribution in [1.82, 2.24) is 0 Å². The Labute approximate surface area is 81.9 Å². The zero-order valence-electron chi connectivity index (χ0n) is 7.09. The number of hydrogen-bond donors (Lipinski definition) is 1. The van der Waals surface area contributed by atoms with Gasteiger partial charge in [0.25, 0.3) is 0 Å². The Morgan fingerprint density at radius 2 is 1.92 bits per heavy atom. The van der Waals surface area contributed by atoms with Crippen molar-refractivity contribution in [3.63, 3.8) is 0 Å². The zero-order valence-corrected chi connectivity index (χ0v) is 7.84. The highest BCUT2D eigenvalue weighted by Gasteiger charge is 2.48. The third-order valence-electron chi connectivity index (χ3n) is 2.13. The van der Waals surface area contributed by atoms with Gasteiger partial charge in [0, 0.05) is 5.69 Å². The Balaban J connectivity index is 2.03. The van der Waals surface area contributed by atoms with Gasteiger partial charge in [-0.05, 0) is 25.0 Å². The molecular formula is C10H10ClNO. The van der Waals surface area contributed by atoms with E-state index in [0.717, 1.165) is 18.5 Å². The monoisotopic (exact) mass is 195 g/mol. The van der Waals surface area contributed by atoms with Crippen LogP contribution in [0.3, 0.4) is 0 Å². The molecule has 1 amide bonds. The van der Waals surface area contributed by atoms with E-state index in [9.17, 15) is 4.79 Å². The molecule has 0 spiro atoms. The van der Waals surface area contributed by atoms with Crippen molar-refractivity contribution in [2.75, 3.05) is 5.32 Å². The molecule has 0 saturated heterocycles. The molecule has 0 bridgehead atoms. The first-order chi connectivity index (χ1) is 6.21. The van der Waals surface area contributed by atoms with Gasteiger partial charge in [-0.15, -0.1) is 11.6 Å². The Morgan fingerprint density at radius 3 is 2.46 bits per heavy atom. The average molecular weight is 196 g/mol.